The number of fused-ring (bicyclic) bond motifs is 1. The number of aromatic nitrogens is 4. The number of carbonyl (C=O) groups is 1. The number of rotatable bonds is 3. The van der Waals surface area contributed by atoms with E-state index in [1.165, 1.54) is 5.69 Å². The second-order valence-corrected chi connectivity index (χ2v) is 7.02. The molecule has 124 valence electrons. The molecule has 1 amide bonds. The minimum absolute atomic E-state index is 0.0876. The second-order valence-electron chi connectivity index (χ2n) is 6.24. The van der Waals surface area contributed by atoms with Crippen molar-refractivity contribution < 1.29 is 4.79 Å². The number of hydrogen-bond acceptors (Lipinski definition) is 4. The molecule has 0 bridgehead atoms. The lowest BCUT2D eigenvalue weighted by molar-refractivity contribution is 0.0734. The molecule has 1 N–H and O–H groups in total. The molecule has 24 heavy (non-hydrogen) atoms. The van der Waals surface area contributed by atoms with Crippen LogP contribution in [-0.2, 0) is 13.0 Å². The zero-order chi connectivity index (χ0) is 16.7. The first-order valence-corrected chi connectivity index (χ1v) is 9.01. The number of thiophene rings is 1. The van der Waals surface area contributed by atoms with E-state index in [2.05, 4.69) is 28.5 Å². The van der Waals surface area contributed by atoms with Gasteiger partial charge in [-0.2, -0.15) is 16.4 Å². The molecule has 0 saturated heterocycles. The van der Waals surface area contributed by atoms with Crippen molar-refractivity contribution in [2.24, 2.45) is 0 Å². The first-order valence-electron chi connectivity index (χ1n) is 8.06. The van der Waals surface area contributed by atoms with Gasteiger partial charge < -0.3 is 9.88 Å². The van der Waals surface area contributed by atoms with E-state index in [1.54, 1.807) is 23.7 Å². The number of hydrogen-bond donors (Lipinski definition) is 1. The van der Waals surface area contributed by atoms with Gasteiger partial charge in [-0.15, -0.1) is 0 Å². The van der Waals surface area contributed by atoms with Crippen LogP contribution in [0.2, 0.25) is 0 Å². The molecule has 4 heterocycles. The van der Waals surface area contributed by atoms with Gasteiger partial charge in [0.15, 0.2) is 5.82 Å². The van der Waals surface area contributed by atoms with E-state index < -0.39 is 0 Å². The Morgan fingerprint density at radius 1 is 1.42 bits per heavy atom. The van der Waals surface area contributed by atoms with Crippen LogP contribution in [0.15, 0.2) is 29.2 Å². The Morgan fingerprint density at radius 3 is 2.96 bits per heavy atom. The Morgan fingerprint density at radius 2 is 2.29 bits per heavy atom. The Hall–Kier alpha value is -2.41. The zero-order valence-electron chi connectivity index (χ0n) is 13.7. The molecule has 4 rings (SSSR count). The molecule has 0 unspecified atom stereocenters. The molecule has 3 aromatic rings. The summed E-state index contributed by atoms with van der Waals surface area (Å²) in [4.78, 5) is 22.1. The molecule has 0 radical (unpaired) electrons. The second kappa shape index (κ2) is 5.90. The highest BCUT2D eigenvalue weighted by molar-refractivity contribution is 7.08. The maximum atomic E-state index is 12.7. The van der Waals surface area contributed by atoms with Crippen molar-refractivity contribution in [3.63, 3.8) is 0 Å². The molecular formula is C17H19N5OS. The standard InChI is InChI=1S/C17H19N5OS/c1-11(2)22-14-3-7-21(17(23)12-4-8-24-10-12)9-13(14)15(20-22)16-18-5-6-19-16/h4-6,8,10-11H,3,7,9H2,1-2H3,(H,18,19). The van der Waals surface area contributed by atoms with Crippen LogP contribution in [0.5, 0.6) is 0 Å². The van der Waals surface area contributed by atoms with E-state index in [9.17, 15) is 4.79 Å². The fourth-order valence-corrected chi connectivity index (χ4v) is 3.83. The van der Waals surface area contributed by atoms with Crippen molar-refractivity contribution >= 4 is 17.2 Å². The minimum atomic E-state index is 0.0876. The predicted octanol–water partition coefficient (Wildman–Crippen LogP) is 3.11. The number of aromatic amines is 1. The smallest absolute Gasteiger partial charge is 0.255 e. The summed E-state index contributed by atoms with van der Waals surface area (Å²) in [6, 6.07) is 2.16. The van der Waals surface area contributed by atoms with Crippen LogP contribution in [0.1, 0.15) is 41.5 Å². The largest absolute Gasteiger partial charge is 0.343 e. The molecule has 7 heteroatoms. The third-order valence-corrected chi connectivity index (χ3v) is 5.04. The number of imidazole rings is 1. The molecular weight excluding hydrogens is 322 g/mol. The first-order chi connectivity index (χ1) is 11.6. The molecule has 6 nitrogen and oxygen atoms in total. The van der Waals surface area contributed by atoms with Gasteiger partial charge in [0.25, 0.3) is 5.91 Å². The normalized spacial score (nSPS) is 14.2. The molecule has 3 aromatic heterocycles. The van der Waals surface area contributed by atoms with Crippen LogP contribution >= 0.6 is 11.3 Å². The van der Waals surface area contributed by atoms with Crippen LogP contribution in [-0.4, -0.2) is 37.1 Å². The van der Waals surface area contributed by atoms with E-state index in [0.717, 1.165) is 35.6 Å². The summed E-state index contributed by atoms with van der Waals surface area (Å²) in [6.45, 7) is 5.55. The molecule has 0 fully saturated rings. The average molecular weight is 341 g/mol. The third-order valence-electron chi connectivity index (χ3n) is 4.35. The van der Waals surface area contributed by atoms with Crippen molar-refractivity contribution in [1.82, 2.24) is 24.6 Å². The highest BCUT2D eigenvalue weighted by Gasteiger charge is 2.29. The Labute approximate surface area is 144 Å². The molecule has 1 aliphatic heterocycles. The minimum Gasteiger partial charge on any atom is -0.343 e. The first kappa shape index (κ1) is 15.1. The molecule has 0 saturated carbocycles. The maximum Gasteiger partial charge on any atom is 0.255 e. The summed E-state index contributed by atoms with van der Waals surface area (Å²) in [5.41, 5.74) is 3.94. The van der Waals surface area contributed by atoms with Crippen LogP contribution < -0.4 is 0 Å². The summed E-state index contributed by atoms with van der Waals surface area (Å²) in [6.07, 6.45) is 4.34. The van der Waals surface area contributed by atoms with Crippen LogP contribution in [0.4, 0.5) is 0 Å². The van der Waals surface area contributed by atoms with Gasteiger partial charge in [0.2, 0.25) is 0 Å². The topological polar surface area (TPSA) is 66.8 Å². The highest BCUT2D eigenvalue weighted by Crippen LogP contribution is 2.30. The van der Waals surface area contributed by atoms with E-state index in [1.807, 2.05) is 21.7 Å². The maximum absolute atomic E-state index is 12.7. The van der Waals surface area contributed by atoms with Crippen molar-refractivity contribution in [2.75, 3.05) is 6.54 Å². The fraction of sp³-hybridized carbons (Fsp3) is 0.353. The van der Waals surface area contributed by atoms with E-state index >= 15 is 0 Å². The summed E-state index contributed by atoms with van der Waals surface area (Å²) in [7, 11) is 0. The summed E-state index contributed by atoms with van der Waals surface area (Å²) in [5.74, 6) is 0.847. The number of H-pyrrole nitrogens is 1. The third kappa shape index (κ3) is 2.45. The van der Waals surface area contributed by atoms with Gasteiger partial charge in [0, 0.05) is 48.0 Å². The van der Waals surface area contributed by atoms with Crippen molar-refractivity contribution in [1.29, 1.82) is 0 Å². The lowest BCUT2D eigenvalue weighted by Gasteiger charge is -2.28. The van der Waals surface area contributed by atoms with Gasteiger partial charge in [-0.25, -0.2) is 4.98 Å². The van der Waals surface area contributed by atoms with Crippen LogP contribution in [0, 0.1) is 0 Å². The summed E-state index contributed by atoms with van der Waals surface area (Å²) >= 11 is 1.55. The van der Waals surface area contributed by atoms with E-state index in [4.69, 9.17) is 5.10 Å². The Balaban J connectivity index is 1.73. The average Bonchev–Trinajstić information content (AvgIpc) is 3.32. The lowest BCUT2D eigenvalue weighted by atomic mass is 10.0. The van der Waals surface area contributed by atoms with Crippen molar-refractivity contribution in [2.45, 2.75) is 32.9 Å². The zero-order valence-corrected chi connectivity index (χ0v) is 14.5. The van der Waals surface area contributed by atoms with Crippen LogP contribution in [0.25, 0.3) is 11.5 Å². The van der Waals surface area contributed by atoms with Crippen molar-refractivity contribution in [3.05, 3.63) is 46.0 Å². The van der Waals surface area contributed by atoms with Gasteiger partial charge in [-0.1, -0.05) is 0 Å². The van der Waals surface area contributed by atoms with Gasteiger partial charge in [0.05, 0.1) is 12.1 Å². The summed E-state index contributed by atoms with van der Waals surface area (Å²) < 4.78 is 2.07. The molecule has 0 atom stereocenters. The molecule has 0 aliphatic carbocycles. The van der Waals surface area contributed by atoms with Gasteiger partial charge >= 0.3 is 0 Å². The van der Waals surface area contributed by atoms with Gasteiger partial charge in [0.1, 0.15) is 5.69 Å². The number of amides is 1. The summed E-state index contributed by atoms with van der Waals surface area (Å²) in [5, 5.41) is 8.62. The SMILES string of the molecule is CC(C)n1nc(-c2ncc[nH]2)c2c1CCN(C(=O)c1ccsc1)C2. The van der Waals surface area contributed by atoms with Gasteiger partial charge in [-0.05, 0) is 25.3 Å². The monoisotopic (exact) mass is 341 g/mol. The Kier molecular flexibility index (Phi) is 3.72. The number of nitrogens with zero attached hydrogens (tertiary/aromatic N) is 4. The number of carbonyl (C=O) groups excluding carboxylic acids is 1. The predicted molar refractivity (Wildman–Crippen MR) is 93.0 cm³/mol. The lowest BCUT2D eigenvalue weighted by Crippen LogP contribution is -2.36. The Bertz CT molecular complexity index is 848. The van der Waals surface area contributed by atoms with Gasteiger partial charge in [-0.3, -0.25) is 9.48 Å². The van der Waals surface area contributed by atoms with Crippen molar-refractivity contribution in [3.8, 4) is 11.5 Å². The molecule has 1 aliphatic rings. The van der Waals surface area contributed by atoms with E-state index in [0.29, 0.717) is 6.54 Å². The quantitative estimate of drug-likeness (QED) is 0.796. The molecule has 0 spiro atoms. The number of nitrogens with one attached hydrogen (secondary N) is 1. The fourth-order valence-electron chi connectivity index (χ4n) is 3.20. The highest BCUT2D eigenvalue weighted by atomic mass is 32.1. The molecule has 0 aromatic carbocycles. The van der Waals surface area contributed by atoms with Crippen LogP contribution in [0.3, 0.4) is 0 Å². The van der Waals surface area contributed by atoms with E-state index in [-0.39, 0.29) is 11.9 Å².